The number of hydrogen-bond donors (Lipinski definition) is 3. The van der Waals surface area contributed by atoms with E-state index in [0.717, 1.165) is 18.4 Å². The van der Waals surface area contributed by atoms with Crippen molar-refractivity contribution in [1.82, 2.24) is 0 Å². The molecule has 0 fully saturated rings. The standard InChI is InChI=1S/C24H31NO5/c1-2-3-4-5-12-29-18-7-9-22-20(14-18)23(28)19-13-17(6-8-21(19)30-22)10-11-24(25,15-26)16-27/h6-9,13-14,26-27H,2-5,10-12,15-16,25H2,1H3. The molecule has 0 bridgehead atoms. The molecule has 30 heavy (non-hydrogen) atoms. The Hall–Kier alpha value is -2.41. The minimum absolute atomic E-state index is 0.104. The highest BCUT2D eigenvalue weighted by Crippen LogP contribution is 2.24. The van der Waals surface area contributed by atoms with E-state index in [1.54, 1.807) is 24.3 Å². The van der Waals surface area contributed by atoms with Crippen molar-refractivity contribution in [2.75, 3.05) is 19.8 Å². The Bertz CT molecular complexity index is 1040. The molecule has 2 aromatic carbocycles. The maximum atomic E-state index is 13.1. The van der Waals surface area contributed by atoms with Crippen molar-refractivity contribution in [2.24, 2.45) is 5.73 Å². The molecule has 0 aliphatic rings. The van der Waals surface area contributed by atoms with Gasteiger partial charge < -0.3 is 25.1 Å². The summed E-state index contributed by atoms with van der Waals surface area (Å²) in [4.78, 5) is 13.1. The molecule has 0 atom stereocenters. The van der Waals surface area contributed by atoms with E-state index in [9.17, 15) is 15.0 Å². The van der Waals surface area contributed by atoms with E-state index in [4.69, 9.17) is 14.9 Å². The van der Waals surface area contributed by atoms with Crippen molar-refractivity contribution in [1.29, 1.82) is 0 Å². The molecule has 6 nitrogen and oxygen atoms in total. The van der Waals surface area contributed by atoms with Crippen LogP contribution < -0.4 is 15.9 Å². The summed E-state index contributed by atoms with van der Waals surface area (Å²) in [5.74, 6) is 0.667. The average Bonchev–Trinajstić information content (AvgIpc) is 2.78. The molecule has 0 aliphatic carbocycles. The zero-order valence-electron chi connectivity index (χ0n) is 17.5. The van der Waals surface area contributed by atoms with Crippen molar-refractivity contribution in [3.05, 3.63) is 52.2 Å². The number of fused-ring (bicyclic) bond motifs is 2. The number of aliphatic hydroxyl groups is 2. The molecule has 0 aliphatic heterocycles. The van der Waals surface area contributed by atoms with Gasteiger partial charge in [0.2, 0.25) is 5.43 Å². The van der Waals surface area contributed by atoms with Gasteiger partial charge in [-0.15, -0.1) is 0 Å². The van der Waals surface area contributed by atoms with Crippen LogP contribution in [0.5, 0.6) is 5.75 Å². The summed E-state index contributed by atoms with van der Waals surface area (Å²) in [5, 5.41) is 19.7. The van der Waals surface area contributed by atoms with E-state index in [0.29, 0.717) is 47.1 Å². The van der Waals surface area contributed by atoms with Crippen LogP contribution >= 0.6 is 0 Å². The normalized spacial score (nSPS) is 12.0. The van der Waals surface area contributed by atoms with Crippen molar-refractivity contribution < 1.29 is 19.4 Å². The summed E-state index contributed by atoms with van der Waals surface area (Å²) in [6.07, 6.45) is 5.44. The minimum Gasteiger partial charge on any atom is -0.494 e. The van der Waals surface area contributed by atoms with Crippen molar-refractivity contribution in [3.63, 3.8) is 0 Å². The van der Waals surface area contributed by atoms with Gasteiger partial charge in [-0.1, -0.05) is 32.3 Å². The second-order valence-electron chi connectivity index (χ2n) is 8.01. The molecule has 0 unspecified atom stereocenters. The fraction of sp³-hybridized carbons (Fsp3) is 0.458. The Kier molecular flexibility index (Phi) is 7.48. The van der Waals surface area contributed by atoms with Gasteiger partial charge in [-0.2, -0.15) is 0 Å². The molecule has 1 aromatic heterocycles. The van der Waals surface area contributed by atoms with Crippen LogP contribution in [0.3, 0.4) is 0 Å². The number of aliphatic hydroxyl groups excluding tert-OH is 2. The molecule has 0 saturated heterocycles. The Morgan fingerprint density at radius 2 is 1.70 bits per heavy atom. The first-order valence-electron chi connectivity index (χ1n) is 10.6. The number of rotatable bonds is 11. The second kappa shape index (κ2) is 10.1. The third-order valence-corrected chi connectivity index (χ3v) is 5.51. The van der Waals surface area contributed by atoms with Crippen LogP contribution in [0.15, 0.2) is 45.6 Å². The summed E-state index contributed by atoms with van der Waals surface area (Å²) >= 11 is 0. The Balaban J connectivity index is 1.84. The molecule has 1 heterocycles. The third kappa shape index (κ3) is 5.19. The molecule has 6 heteroatoms. The van der Waals surface area contributed by atoms with Gasteiger partial charge in [0.15, 0.2) is 0 Å². The maximum absolute atomic E-state index is 13.1. The van der Waals surface area contributed by atoms with Gasteiger partial charge in [0.25, 0.3) is 0 Å². The predicted octanol–water partition coefficient (Wildman–Crippen LogP) is 3.52. The van der Waals surface area contributed by atoms with Crippen LogP contribution in [-0.2, 0) is 6.42 Å². The van der Waals surface area contributed by atoms with Gasteiger partial charge in [0, 0.05) is 0 Å². The van der Waals surface area contributed by atoms with Crippen LogP contribution in [0.4, 0.5) is 0 Å². The Labute approximate surface area is 176 Å². The lowest BCUT2D eigenvalue weighted by Crippen LogP contribution is -2.47. The van der Waals surface area contributed by atoms with Crippen molar-refractivity contribution in [2.45, 2.75) is 51.0 Å². The fourth-order valence-electron chi connectivity index (χ4n) is 3.45. The minimum atomic E-state index is -1.04. The highest BCUT2D eigenvalue weighted by molar-refractivity contribution is 5.90. The SMILES string of the molecule is CCCCCCOc1ccc2oc3ccc(CCC(N)(CO)CO)cc3c(=O)c2c1. The molecule has 162 valence electrons. The maximum Gasteiger partial charge on any atom is 0.200 e. The lowest BCUT2D eigenvalue weighted by Gasteiger charge is -2.24. The average molecular weight is 414 g/mol. The molecule has 0 spiro atoms. The summed E-state index contributed by atoms with van der Waals surface area (Å²) in [6, 6.07) is 10.8. The van der Waals surface area contributed by atoms with Crippen molar-refractivity contribution in [3.8, 4) is 5.75 Å². The highest BCUT2D eigenvalue weighted by Gasteiger charge is 2.22. The summed E-state index contributed by atoms with van der Waals surface area (Å²) in [5.41, 5.74) is 6.76. The number of nitrogens with two attached hydrogens (primary N) is 1. The number of ether oxygens (including phenoxy) is 1. The van der Waals surface area contributed by atoms with E-state index >= 15 is 0 Å². The largest absolute Gasteiger partial charge is 0.494 e. The first-order chi connectivity index (χ1) is 14.5. The molecule has 0 radical (unpaired) electrons. The molecule has 0 amide bonds. The molecular formula is C24H31NO5. The lowest BCUT2D eigenvalue weighted by atomic mass is 9.93. The second-order valence-corrected chi connectivity index (χ2v) is 8.01. The van der Waals surface area contributed by atoms with Gasteiger partial charge in [-0.05, 0) is 55.2 Å². The van der Waals surface area contributed by atoms with Gasteiger partial charge >= 0.3 is 0 Å². The summed E-state index contributed by atoms with van der Waals surface area (Å²) in [6.45, 7) is 2.20. The zero-order chi connectivity index (χ0) is 21.6. The molecule has 3 rings (SSSR count). The topological polar surface area (TPSA) is 106 Å². The highest BCUT2D eigenvalue weighted by atomic mass is 16.5. The van der Waals surface area contributed by atoms with Crippen molar-refractivity contribution >= 4 is 21.9 Å². The molecular weight excluding hydrogens is 382 g/mol. The molecule has 3 aromatic rings. The zero-order valence-corrected chi connectivity index (χ0v) is 17.5. The first kappa shape index (κ1) is 22.3. The number of unbranched alkanes of at least 4 members (excludes halogenated alkanes) is 3. The van der Waals surface area contributed by atoms with Gasteiger partial charge in [0.05, 0.1) is 36.1 Å². The summed E-state index contributed by atoms with van der Waals surface area (Å²) < 4.78 is 11.7. The number of hydrogen-bond acceptors (Lipinski definition) is 6. The molecule has 0 saturated carbocycles. The van der Waals surface area contributed by atoms with E-state index in [2.05, 4.69) is 6.92 Å². The quantitative estimate of drug-likeness (QED) is 0.328. The van der Waals surface area contributed by atoms with E-state index in [1.807, 2.05) is 12.1 Å². The van der Waals surface area contributed by atoms with Crippen LogP contribution in [0.1, 0.15) is 44.6 Å². The monoisotopic (exact) mass is 413 g/mol. The molecule has 4 N–H and O–H groups in total. The fourth-order valence-corrected chi connectivity index (χ4v) is 3.45. The Morgan fingerprint density at radius 3 is 2.40 bits per heavy atom. The number of benzene rings is 2. The first-order valence-corrected chi connectivity index (χ1v) is 10.6. The third-order valence-electron chi connectivity index (χ3n) is 5.51. The van der Waals surface area contributed by atoms with Gasteiger partial charge in [0.1, 0.15) is 16.9 Å². The number of aryl methyl sites for hydroxylation is 1. The van der Waals surface area contributed by atoms with Crippen LogP contribution in [0, 0.1) is 0 Å². The van der Waals surface area contributed by atoms with Gasteiger partial charge in [-0.3, -0.25) is 4.79 Å². The van der Waals surface area contributed by atoms with E-state index in [-0.39, 0.29) is 18.6 Å². The van der Waals surface area contributed by atoms with Crippen LogP contribution in [-0.4, -0.2) is 35.6 Å². The Morgan fingerprint density at radius 1 is 1.00 bits per heavy atom. The lowest BCUT2D eigenvalue weighted by molar-refractivity contribution is 0.115. The van der Waals surface area contributed by atoms with E-state index in [1.165, 1.54) is 12.8 Å². The smallest absolute Gasteiger partial charge is 0.200 e. The predicted molar refractivity (Wildman–Crippen MR) is 119 cm³/mol. The van der Waals surface area contributed by atoms with Crippen LogP contribution in [0.2, 0.25) is 0 Å². The van der Waals surface area contributed by atoms with Gasteiger partial charge in [-0.25, -0.2) is 0 Å². The summed E-state index contributed by atoms with van der Waals surface area (Å²) in [7, 11) is 0. The van der Waals surface area contributed by atoms with E-state index < -0.39 is 5.54 Å². The van der Waals surface area contributed by atoms with Crippen LogP contribution in [0.25, 0.3) is 21.9 Å².